The lowest BCUT2D eigenvalue weighted by Gasteiger charge is -2.35. The standard InChI is InChI=1S/C22H39N5S.HI/c1-4-23-22(24-15-19-9-7-13-27(17-19)18(2)3)25-16-20(21-10-8-14-28-21)26-11-5-6-12-26;/h8,10,14,18-20H,4-7,9,11-13,15-17H2,1-3H3,(H2,23,24,25);1H. The third kappa shape index (κ3) is 7.67. The summed E-state index contributed by atoms with van der Waals surface area (Å²) >= 11 is 1.86. The fourth-order valence-electron chi connectivity index (χ4n) is 4.41. The molecular formula is C22H40IN5S. The lowest BCUT2D eigenvalue weighted by molar-refractivity contribution is 0.141. The second-order valence-electron chi connectivity index (χ2n) is 8.47. The Kier molecular flexibility index (Phi) is 11.3. The highest BCUT2D eigenvalue weighted by molar-refractivity contribution is 14.0. The summed E-state index contributed by atoms with van der Waals surface area (Å²) in [6.07, 6.45) is 5.27. The van der Waals surface area contributed by atoms with E-state index in [1.807, 2.05) is 11.3 Å². The van der Waals surface area contributed by atoms with Crippen LogP contribution in [-0.4, -0.2) is 67.6 Å². The van der Waals surface area contributed by atoms with Gasteiger partial charge in [0.15, 0.2) is 5.96 Å². The summed E-state index contributed by atoms with van der Waals surface area (Å²) in [5.41, 5.74) is 0. The molecule has 2 atom stereocenters. The first kappa shape index (κ1) is 24.9. The van der Waals surface area contributed by atoms with Gasteiger partial charge in [0.05, 0.1) is 12.6 Å². The molecule has 2 aliphatic heterocycles. The molecule has 7 heteroatoms. The van der Waals surface area contributed by atoms with Crippen molar-refractivity contribution in [2.45, 2.75) is 58.5 Å². The first-order valence-electron chi connectivity index (χ1n) is 11.2. The van der Waals surface area contributed by atoms with E-state index in [-0.39, 0.29) is 24.0 Å². The van der Waals surface area contributed by atoms with Gasteiger partial charge in [-0.05, 0) is 83.5 Å². The second-order valence-corrected chi connectivity index (χ2v) is 9.45. The van der Waals surface area contributed by atoms with E-state index in [9.17, 15) is 0 Å². The lowest BCUT2D eigenvalue weighted by Crippen LogP contribution is -2.46. The molecular weight excluding hydrogens is 493 g/mol. The monoisotopic (exact) mass is 533 g/mol. The van der Waals surface area contributed by atoms with E-state index in [0.29, 0.717) is 18.0 Å². The van der Waals surface area contributed by atoms with Gasteiger partial charge in [0.1, 0.15) is 0 Å². The molecule has 2 saturated heterocycles. The van der Waals surface area contributed by atoms with E-state index in [2.05, 4.69) is 58.7 Å². The maximum absolute atomic E-state index is 5.00. The summed E-state index contributed by atoms with van der Waals surface area (Å²) in [6, 6.07) is 5.51. The van der Waals surface area contributed by atoms with E-state index < -0.39 is 0 Å². The quantitative estimate of drug-likeness (QED) is 0.299. The number of halogens is 1. The molecule has 0 radical (unpaired) electrons. The highest BCUT2D eigenvalue weighted by Gasteiger charge is 2.25. The molecule has 2 N–H and O–H groups in total. The molecule has 1 aromatic heterocycles. The molecule has 1 aromatic rings. The van der Waals surface area contributed by atoms with E-state index >= 15 is 0 Å². The van der Waals surface area contributed by atoms with Crippen LogP contribution in [-0.2, 0) is 0 Å². The predicted octanol–water partition coefficient (Wildman–Crippen LogP) is 4.18. The highest BCUT2D eigenvalue weighted by Crippen LogP contribution is 2.28. The molecule has 2 unspecified atom stereocenters. The first-order valence-corrected chi connectivity index (χ1v) is 12.1. The molecule has 166 valence electrons. The summed E-state index contributed by atoms with van der Waals surface area (Å²) in [5, 5.41) is 9.29. The van der Waals surface area contributed by atoms with Crippen molar-refractivity contribution in [3.63, 3.8) is 0 Å². The molecule has 0 aromatic carbocycles. The number of hydrogen-bond donors (Lipinski definition) is 2. The zero-order valence-corrected chi connectivity index (χ0v) is 21.5. The Hall–Kier alpha value is -0.380. The minimum atomic E-state index is 0. The van der Waals surface area contributed by atoms with Gasteiger partial charge in [-0.3, -0.25) is 9.89 Å². The zero-order valence-electron chi connectivity index (χ0n) is 18.4. The number of nitrogens with zero attached hydrogens (tertiary/aromatic N) is 3. The molecule has 3 heterocycles. The number of rotatable bonds is 8. The van der Waals surface area contributed by atoms with Gasteiger partial charge in [0, 0.05) is 30.6 Å². The van der Waals surface area contributed by atoms with Gasteiger partial charge < -0.3 is 15.5 Å². The molecule has 5 nitrogen and oxygen atoms in total. The van der Waals surface area contributed by atoms with Crippen LogP contribution in [0, 0.1) is 5.92 Å². The van der Waals surface area contributed by atoms with Crippen molar-refractivity contribution in [2.75, 3.05) is 45.8 Å². The Bertz CT molecular complexity index is 586. The van der Waals surface area contributed by atoms with Gasteiger partial charge >= 0.3 is 0 Å². The lowest BCUT2D eigenvalue weighted by atomic mass is 9.97. The number of thiophene rings is 1. The highest BCUT2D eigenvalue weighted by atomic mass is 127. The van der Waals surface area contributed by atoms with Crippen LogP contribution in [0.4, 0.5) is 0 Å². The summed E-state index contributed by atoms with van der Waals surface area (Å²) in [7, 11) is 0. The number of hydrogen-bond acceptors (Lipinski definition) is 4. The summed E-state index contributed by atoms with van der Waals surface area (Å²) in [5.74, 6) is 1.69. The molecule has 0 saturated carbocycles. The normalized spacial score (nSPS) is 22.5. The summed E-state index contributed by atoms with van der Waals surface area (Å²) in [6.45, 7) is 14.4. The van der Waals surface area contributed by atoms with Crippen LogP contribution in [0.5, 0.6) is 0 Å². The van der Waals surface area contributed by atoms with Gasteiger partial charge in [0.25, 0.3) is 0 Å². The van der Waals surface area contributed by atoms with Crippen LogP contribution < -0.4 is 10.6 Å². The molecule has 3 rings (SSSR count). The molecule has 2 aliphatic rings. The third-order valence-electron chi connectivity index (χ3n) is 6.06. The summed E-state index contributed by atoms with van der Waals surface area (Å²) in [4.78, 5) is 11.7. The van der Waals surface area contributed by atoms with Crippen LogP contribution in [0.25, 0.3) is 0 Å². The van der Waals surface area contributed by atoms with Gasteiger partial charge in [-0.1, -0.05) is 6.07 Å². The Morgan fingerprint density at radius 3 is 2.59 bits per heavy atom. The van der Waals surface area contributed by atoms with E-state index in [1.54, 1.807) is 0 Å². The predicted molar refractivity (Wildman–Crippen MR) is 137 cm³/mol. The number of likely N-dealkylation sites (tertiary alicyclic amines) is 2. The molecule has 0 amide bonds. The molecule has 0 spiro atoms. The average Bonchev–Trinajstić information content (AvgIpc) is 3.41. The minimum Gasteiger partial charge on any atom is -0.357 e. The molecule has 0 aliphatic carbocycles. The second kappa shape index (κ2) is 13.1. The van der Waals surface area contributed by atoms with Crippen LogP contribution in [0.15, 0.2) is 22.5 Å². The number of aliphatic imine (C=N–C) groups is 1. The van der Waals surface area contributed by atoms with Crippen molar-refractivity contribution < 1.29 is 0 Å². The Morgan fingerprint density at radius 2 is 1.93 bits per heavy atom. The number of nitrogens with one attached hydrogen (secondary N) is 2. The molecule has 29 heavy (non-hydrogen) atoms. The van der Waals surface area contributed by atoms with E-state index in [1.165, 1.54) is 56.7 Å². The van der Waals surface area contributed by atoms with Crippen molar-refractivity contribution in [1.82, 2.24) is 20.4 Å². The van der Waals surface area contributed by atoms with Crippen molar-refractivity contribution >= 4 is 41.3 Å². The van der Waals surface area contributed by atoms with Crippen LogP contribution in [0.2, 0.25) is 0 Å². The fourth-order valence-corrected chi connectivity index (χ4v) is 5.27. The van der Waals surface area contributed by atoms with Gasteiger partial charge in [0.2, 0.25) is 0 Å². The smallest absolute Gasteiger partial charge is 0.191 e. The van der Waals surface area contributed by atoms with Gasteiger partial charge in [-0.2, -0.15) is 0 Å². The SMILES string of the molecule is CCNC(=NCC(c1cccs1)N1CCCC1)NCC1CCCN(C(C)C)C1.I. The largest absolute Gasteiger partial charge is 0.357 e. The third-order valence-corrected chi connectivity index (χ3v) is 7.03. The summed E-state index contributed by atoms with van der Waals surface area (Å²) < 4.78 is 0. The Balaban J connectivity index is 0.00000300. The van der Waals surface area contributed by atoms with Crippen LogP contribution in [0.1, 0.15) is 57.4 Å². The first-order chi connectivity index (χ1) is 13.7. The van der Waals surface area contributed by atoms with Gasteiger partial charge in [-0.15, -0.1) is 35.3 Å². The van der Waals surface area contributed by atoms with Crippen molar-refractivity contribution in [3.8, 4) is 0 Å². The van der Waals surface area contributed by atoms with Crippen LogP contribution in [0.3, 0.4) is 0 Å². The number of guanidine groups is 1. The molecule has 2 fully saturated rings. The fraction of sp³-hybridized carbons (Fsp3) is 0.773. The van der Waals surface area contributed by atoms with E-state index in [4.69, 9.17) is 4.99 Å². The average molecular weight is 534 g/mol. The Morgan fingerprint density at radius 1 is 1.17 bits per heavy atom. The zero-order chi connectivity index (χ0) is 19.8. The van der Waals surface area contributed by atoms with Crippen molar-refractivity contribution in [2.24, 2.45) is 10.9 Å². The van der Waals surface area contributed by atoms with Gasteiger partial charge in [-0.25, -0.2) is 0 Å². The molecule has 0 bridgehead atoms. The minimum absolute atomic E-state index is 0. The topological polar surface area (TPSA) is 42.9 Å². The number of piperidine rings is 1. The maximum Gasteiger partial charge on any atom is 0.191 e. The maximum atomic E-state index is 5.00. The van der Waals surface area contributed by atoms with E-state index in [0.717, 1.165) is 25.6 Å². The van der Waals surface area contributed by atoms with Crippen molar-refractivity contribution in [3.05, 3.63) is 22.4 Å². The van der Waals surface area contributed by atoms with Crippen LogP contribution >= 0.6 is 35.3 Å². The Labute approximate surface area is 198 Å². The van der Waals surface area contributed by atoms with Crippen molar-refractivity contribution in [1.29, 1.82) is 0 Å².